The lowest BCUT2D eigenvalue weighted by atomic mass is 9.91. The van der Waals surface area contributed by atoms with Crippen LogP contribution in [0.2, 0.25) is 0 Å². The summed E-state index contributed by atoms with van der Waals surface area (Å²) in [6.07, 6.45) is 0.782. The first-order valence-electron chi connectivity index (χ1n) is 4.82. The molecule has 0 fully saturated rings. The van der Waals surface area contributed by atoms with Crippen LogP contribution in [0, 0.1) is 12.8 Å². The molecule has 0 aromatic carbocycles. The maximum Gasteiger partial charge on any atom is 0.107 e. The zero-order chi connectivity index (χ0) is 9.84. The van der Waals surface area contributed by atoms with Gasteiger partial charge in [-0.25, -0.2) is 0 Å². The van der Waals surface area contributed by atoms with Crippen molar-refractivity contribution >= 4 is 0 Å². The lowest BCUT2D eigenvalue weighted by Gasteiger charge is -2.16. The van der Waals surface area contributed by atoms with E-state index < -0.39 is 0 Å². The Morgan fingerprint density at radius 2 is 2.08 bits per heavy atom. The highest BCUT2D eigenvalue weighted by atomic mass is 16.3. The van der Waals surface area contributed by atoms with Crippen molar-refractivity contribution in [1.29, 1.82) is 0 Å². The predicted molar refractivity (Wildman–Crippen MR) is 52.7 cm³/mol. The smallest absolute Gasteiger partial charge is 0.107 e. The second kappa shape index (κ2) is 4.47. The van der Waals surface area contributed by atoms with Gasteiger partial charge in [-0.2, -0.15) is 0 Å². The molecule has 0 saturated heterocycles. The lowest BCUT2D eigenvalue weighted by Crippen LogP contribution is -2.07. The van der Waals surface area contributed by atoms with Crippen LogP contribution in [0.25, 0.3) is 0 Å². The summed E-state index contributed by atoms with van der Waals surface area (Å²) in [5.74, 6) is 2.80. The maximum atomic E-state index is 8.91. The Hall–Kier alpha value is -0.760. The minimum Gasteiger partial charge on any atom is -0.466 e. The average Bonchev–Trinajstić information content (AvgIpc) is 2.46. The zero-order valence-electron chi connectivity index (χ0n) is 8.58. The number of rotatable bonds is 4. The van der Waals surface area contributed by atoms with Crippen LogP contribution in [-0.4, -0.2) is 11.7 Å². The molecule has 0 bridgehead atoms. The minimum atomic E-state index is 0.225. The number of aliphatic hydroxyl groups is 1. The summed E-state index contributed by atoms with van der Waals surface area (Å²) in [5.41, 5.74) is 0. The molecule has 0 aliphatic rings. The minimum absolute atomic E-state index is 0.225. The molecule has 1 aromatic heterocycles. The van der Waals surface area contributed by atoms with Crippen molar-refractivity contribution in [2.45, 2.75) is 33.1 Å². The number of hydrogen-bond donors (Lipinski definition) is 1. The molecular formula is C11H18O2. The predicted octanol–water partition coefficient (Wildman–Crippen LogP) is 2.71. The Morgan fingerprint density at radius 1 is 1.38 bits per heavy atom. The summed E-state index contributed by atoms with van der Waals surface area (Å²) in [4.78, 5) is 0. The molecule has 2 nitrogen and oxygen atoms in total. The molecule has 1 aromatic rings. The van der Waals surface area contributed by atoms with E-state index in [0.717, 1.165) is 17.9 Å². The molecule has 13 heavy (non-hydrogen) atoms. The average molecular weight is 182 g/mol. The summed E-state index contributed by atoms with van der Waals surface area (Å²) in [6, 6.07) is 3.98. The van der Waals surface area contributed by atoms with E-state index in [1.807, 2.05) is 19.1 Å². The van der Waals surface area contributed by atoms with Gasteiger partial charge in [-0.15, -0.1) is 0 Å². The number of aliphatic hydroxyl groups excluding tert-OH is 1. The van der Waals surface area contributed by atoms with E-state index in [1.165, 1.54) is 0 Å². The van der Waals surface area contributed by atoms with Gasteiger partial charge < -0.3 is 9.52 Å². The van der Waals surface area contributed by atoms with Crippen molar-refractivity contribution in [3.05, 3.63) is 23.7 Å². The molecule has 0 spiro atoms. The quantitative estimate of drug-likeness (QED) is 0.776. The number of furan rings is 1. The number of aryl methyl sites for hydroxylation is 1. The molecular weight excluding hydrogens is 164 g/mol. The highest BCUT2D eigenvalue weighted by molar-refractivity contribution is 5.10. The van der Waals surface area contributed by atoms with Gasteiger partial charge in [0, 0.05) is 12.5 Å². The summed E-state index contributed by atoms with van der Waals surface area (Å²) in [5, 5.41) is 8.91. The summed E-state index contributed by atoms with van der Waals surface area (Å²) in [6.45, 7) is 6.47. The fourth-order valence-corrected chi connectivity index (χ4v) is 1.60. The lowest BCUT2D eigenvalue weighted by molar-refractivity contribution is 0.248. The fraction of sp³-hybridized carbons (Fsp3) is 0.636. The molecule has 0 aliphatic heterocycles. The first kappa shape index (κ1) is 10.3. The molecule has 0 radical (unpaired) electrons. The number of hydrogen-bond acceptors (Lipinski definition) is 2. The molecule has 0 amide bonds. The summed E-state index contributed by atoms with van der Waals surface area (Å²) in [7, 11) is 0. The molecule has 0 saturated carbocycles. The molecule has 0 aliphatic carbocycles. The van der Waals surface area contributed by atoms with Gasteiger partial charge in [0.2, 0.25) is 0 Å². The SMILES string of the molecule is Cc1ccc(C(CCO)C(C)C)o1. The van der Waals surface area contributed by atoms with Crippen LogP contribution in [0.5, 0.6) is 0 Å². The van der Waals surface area contributed by atoms with Crippen molar-refractivity contribution in [3.8, 4) is 0 Å². The van der Waals surface area contributed by atoms with Gasteiger partial charge in [-0.05, 0) is 31.4 Å². The summed E-state index contributed by atoms with van der Waals surface area (Å²) < 4.78 is 5.55. The van der Waals surface area contributed by atoms with Crippen molar-refractivity contribution in [3.63, 3.8) is 0 Å². The first-order valence-corrected chi connectivity index (χ1v) is 4.82. The Morgan fingerprint density at radius 3 is 2.46 bits per heavy atom. The standard InChI is InChI=1S/C11H18O2/c1-8(2)10(6-7-12)11-5-4-9(3)13-11/h4-5,8,10,12H,6-7H2,1-3H3. The zero-order valence-corrected chi connectivity index (χ0v) is 8.58. The van der Waals surface area contributed by atoms with Crippen LogP contribution >= 0.6 is 0 Å². The first-order chi connectivity index (χ1) is 6.15. The van der Waals surface area contributed by atoms with Gasteiger partial charge >= 0.3 is 0 Å². The van der Waals surface area contributed by atoms with Crippen LogP contribution in [0.4, 0.5) is 0 Å². The molecule has 1 atom stereocenters. The molecule has 1 N–H and O–H groups in total. The Bertz CT molecular complexity index is 250. The van der Waals surface area contributed by atoms with Gasteiger partial charge in [-0.1, -0.05) is 13.8 Å². The van der Waals surface area contributed by atoms with Gasteiger partial charge in [0.25, 0.3) is 0 Å². The molecule has 1 heterocycles. The van der Waals surface area contributed by atoms with E-state index in [-0.39, 0.29) is 6.61 Å². The van der Waals surface area contributed by atoms with E-state index in [4.69, 9.17) is 9.52 Å². The van der Waals surface area contributed by atoms with Gasteiger partial charge in [0.1, 0.15) is 11.5 Å². The Kier molecular flexibility index (Phi) is 3.55. The van der Waals surface area contributed by atoms with Crippen LogP contribution in [-0.2, 0) is 0 Å². The third-order valence-electron chi connectivity index (χ3n) is 2.37. The normalized spacial score (nSPS) is 13.6. The highest BCUT2D eigenvalue weighted by Crippen LogP contribution is 2.28. The van der Waals surface area contributed by atoms with Crippen LogP contribution in [0.15, 0.2) is 16.5 Å². The Balaban J connectivity index is 2.75. The van der Waals surface area contributed by atoms with Gasteiger partial charge in [-0.3, -0.25) is 0 Å². The van der Waals surface area contributed by atoms with Gasteiger partial charge in [0.15, 0.2) is 0 Å². The fourth-order valence-electron chi connectivity index (χ4n) is 1.60. The third kappa shape index (κ3) is 2.59. The third-order valence-corrected chi connectivity index (χ3v) is 2.37. The molecule has 2 heteroatoms. The van der Waals surface area contributed by atoms with E-state index in [2.05, 4.69) is 13.8 Å². The van der Waals surface area contributed by atoms with Crippen molar-refractivity contribution in [2.75, 3.05) is 6.61 Å². The highest BCUT2D eigenvalue weighted by Gasteiger charge is 2.18. The van der Waals surface area contributed by atoms with E-state index >= 15 is 0 Å². The van der Waals surface area contributed by atoms with E-state index in [1.54, 1.807) is 0 Å². The van der Waals surface area contributed by atoms with E-state index in [0.29, 0.717) is 11.8 Å². The maximum absolute atomic E-state index is 8.91. The van der Waals surface area contributed by atoms with Gasteiger partial charge in [0.05, 0.1) is 0 Å². The van der Waals surface area contributed by atoms with Crippen LogP contribution in [0.3, 0.4) is 0 Å². The molecule has 74 valence electrons. The Labute approximate surface area is 79.6 Å². The van der Waals surface area contributed by atoms with E-state index in [9.17, 15) is 0 Å². The monoisotopic (exact) mass is 182 g/mol. The van der Waals surface area contributed by atoms with Crippen molar-refractivity contribution in [2.24, 2.45) is 5.92 Å². The van der Waals surface area contributed by atoms with Crippen molar-refractivity contribution < 1.29 is 9.52 Å². The second-order valence-electron chi connectivity index (χ2n) is 3.81. The molecule has 1 unspecified atom stereocenters. The van der Waals surface area contributed by atoms with Crippen LogP contribution < -0.4 is 0 Å². The molecule has 1 rings (SSSR count). The van der Waals surface area contributed by atoms with Crippen molar-refractivity contribution in [1.82, 2.24) is 0 Å². The van der Waals surface area contributed by atoms with Crippen LogP contribution in [0.1, 0.15) is 37.7 Å². The second-order valence-corrected chi connectivity index (χ2v) is 3.81. The summed E-state index contributed by atoms with van der Waals surface area (Å²) >= 11 is 0. The largest absolute Gasteiger partial charge is 0.466 e. The topological polar surface area (TPSA) is 33.4 Å².